The lowest BCUT2D eigenvalue weighted by atomic mass is 10.0. The fourth-order valence-corrected chi connectivity index (χ4v) is 7.37. The molecule has 1 fully saturated rings. The Bertz CT molecular complexity index is 1980. The Balaban J connectivity index is 1.51. The Labute approximate surface area is 303 Å². The number of carboxylic acid groups (broad SMARTS) is 1. The molecule has 0 bridgehead atoms. The van der Waals surface area contributed by atoms with Gasteiger partial charge in [0.05, 0.1) is 53.5 Å². The topological polar surface area (TPSA) is 177 Å². The van der Waals surface area contributed by atoms with Crippen LogP contribution in [0.2, 0.25) is 23.2 Å². The molecule has 0 radical (unpaired) electrons. The van der Waals surface area contributed by atoms with Gasteiger partial charge in [-0.15, -0.1) is 5.10 Å². The van der Waals surface area contributed by atoms with Crippen molar-refractivity contribution >= 4 is 54.8 Å². The van der Waals surface area contributed by atoms with Crippen LogP contribution in [0.1, 0.15) is 50.9 Å². The summed E-state index contributed by atoms with van der Waals surface area (Å²) in [6.07, 6.45) is 0.375. The third kappa shape index (κ3) is 8.12. The second kappa shape index (κ2) is 15.0. The Morgan fingerprint density at radius 1 is 1.20 bits per heavy atom. The molecule has 5 rings (SSSR count). The van der Waals surface area contributed by atoms with Crippen LogP contribution in [-0.4, -0.2) is 78.0 Å². The lowest BCUT2D eigenvalue weighted by Gasteiger charge is -2.46. The average molecular weight is 731 g/mol. The molecule has 2 atom stereocenters. The van der Waals surface area contributed by atoms with E-state index in [0.29, 0.717) is 66.0 Å². The highest BCUT2D eigenvalue weighted by atomic mass is 35.5. The number of carbonyl (C=O) groups is 1. The van der Waals surface area contributed by atoms with E-state index in [9.17, 15) is 20.4 Å². The molecule has 0 spiro atoms. The molecule has 3 heterocycles. The van der Waals surface area contributed by atoms with Gasteiger partial charge in [-0.05, 0) is 61.3 Å². The van der Waals surface area contributed by atoms with E-state index in [1.165, 1.54) is 10.7 Å². The van der Waals surface area contributed by atoms with Gasteiger partial charge >= 0.3 is 6.09 Å². The molecule has 51 heavy (non-hydrogen) atoms. The predicted octanol–water partition coefficient (Wildman–Crippen LogP) is 6.54. The summed E-state index contributed by atoms with van der Waals surface area (Å²) in [6.45, 7) is 14.6. The number of nitrogens with one attached hydrogen (secondary N) is 2. The van der Waals surface area contributed by atoms with Crippen molar-refractivity contribution in [3.05, 3.63) is 64.4 Å². The largest absolute Gasteiger partial charge is 0.497 e. The summed E-state index contributed by atoms with van der Waals surface area (Å²) in [5, 5.41) is 40.2. The number of nitrogens with zero attached hydrogens (tertiary/aromatic N) is 8. The zero-order valence-corrected chi connectivity index (χ0v) is 31.6. The van der Waals surface area contributed by atoms with Crippen LogP contribution in [0.5, 0.6) is 5.75 Å². The standard InChI is InChI=1S/C35H43ClN10O4Si/c1-8-44(20-22-9-11-25(49-5)12-10-22)32-31-39-19-24(18-38)46(31)43-33(42-32)40-27-15-23(17-37)16-28(30(27)36)45-14-13-26(41-34(47)48)29(21-45)50-51(6,7)35(2,3)4/h9-12,15-16,19,26,29,41H,8,13-14,20-21H2,1-7H3,(H,40,43)(H,47,48)/t26-,29-/m1/s1. The zero-order chi connectivity index (χ0) is 37.1. The van der Waals surface area contributed by atoms with Crippen molar-refractivity contribution in [2.75, 3.05) is 41.9 Å². The smallest absolute Gasteiger partial charge is 0.404 e. The minimum absolute atomic E-state index is 0.0961. The minimum Gasteiger partial charge on any atom is -0.497 e. The number of imidazole rings is 1. The molecule has 268 valence electrons. The van der Waals surface area contributed by atoms with Crippen LogP contribution in [0.25, 0.3) is 5.65 Å². The van der Waals surface area contributed by atoms with Crippen LogP contribution < -0.4 is 25.2 Å². The molecule has 2 aromatic heterocycles. The number of rotatable bonds is 11. The summed E-state index contributed by atoms with van der Waals surface area (Å²) in [5.74, 6) is 1.39. The van der Waals surface area contributed by atoms with Crippen molar-refractivity contribution in [1.29, 1.82) is 10.5 Å². The number of fused-ring (bicyclic) bond motifs is 1. The van der Waals surface area contributed by atoms with Crippen LogP contribution in [0.4, 0.5) is 27.9 Å². The number of hydrogen-bond acceptors (Lipinski definition) is 11. The van der Waals surface area contributed by atoms with Crippen LogP contribution in [0, 0.1) is 22.7 Å². The van der Waals surface area contributed by atoms with Crippen LogP contribution in [-0.2, 0) is 11.0 Å². The second-order valence-corrected chi connectivity index (χ2v) is 19.0. The van der Waals surface area contributed by atoms with Gasteiger partial charge < -0.3 is 34.7 Å². The molecule has 4 aromatic rings. The maximum absolute atomic E-state index is 11.7. The Kier molecular flexibility index (Phi) is 11.0. The number of hydrogen-bond donors (Lipinski definition) is 3. The van der Waals surface area contributed by atoms with Crippen molar-refractivity contribution in [2.24, 2.45) is 0 Å². The normalized spacial score (nSPS) is 16.3. The average Bonchev–Trinajstić information content (AvgIpc) is 3.51. The first-order chi connectivity index (χ1) is 24.2. The number of nitriles is 2. The third-order valence-electron chi connectivity index (χ3n) is 9.56. The summed E-state index contributed by atoms with van der Waals surface area (Å²) in [4.78, 5) is 25.1. The maximum Gasteiger partial charge on any atom is 0.404 e. The van der Waals surface area contributed by atoms with Crippen molar-refractivity contribution in [3.63, 3.8) is 0 Å². The lowest BCUT2D eigenvalue weighted by Crippen LogP contribution is -2.59. The first kappa shape index (κ1) is 37.2. The van der Waals surface area contributed by atoms with Crippen molar-refractivity contribution in [1.82, 2.24) is 24.9 Å². The highest BCUT2D eigenvalue weighted by molar-refractivity contribution is 6.74. The van der Waals surface area contributed by atoms with E-state index in [1.807, 2.05) is 41.0 Å². The number of halogens is 1. The highest BCUT2D eigenvalue weighted by Gasteiger charge is 2.43. The molecular formula is C35H43ClN10O4Si. The van der Waals surface area contributed by atoms with Crippen molar-refractivity contribution < 1.29 is 19.1 Å². The zero-order valence-electron chi connectivity index (χ0n) is 29.9. The van der Waals surface area contributed by atoms with Gasteiger partial charge in [-0.25, -0.2) is 9.78 Å². The van der Waals surface area contributed by atoms with Crippen LogP contribution >= 0.6 is 11.6 Å². The number of piperidine rings is 1. The van der Waals surface area contributed by atoms with Gasteiger partial charge in [0.15, 0.2) is 25.5 Å². The molecule has 0 aliphatic carbocycles. The third-order valence-corrected chi connectivity index (χ3v) is 14.5. The Morgan fingerprint density at radius 2 is 1.92 bits per heavy atom. The number of aromatic nitrogens is 4. The monoisotopic (exact) mass is 730 g/mol. The first-order valence-corrected chi connectivity index (χ1v) is 19.9. The Hall–Kier alpha value is -5.09. The highest BCUT2D eigenvalue weighted by Crippen LogP contribution is 2.41. The molecule has 16 heteroatoms. The lowest BCUT2D eigenvalue weighted by molar-refractivity contribution is 0.115. The van der Waals surface area contributed by atoms with Gasteiger partial charge in [0, 0.05) is 26.2 Å². The van der Waals surface area contributed by atoms with Gasteiger partial charge in [-0.3, -0.25) is 0 Å². The number of ether oxygens (including phenoxy) is 1. The summed E-state index contributed by atoms with van der Waals surface area (Å²) in [6, 6.07) is 15.0. The van der Waals surface area contributed by atoms with Gasteiger partial charge in [0.1, 0.15) is 11.8 Å². The second-order valence-electron chi connectivity index (χ2n) is 13.9. The number of anilines is 4. The van der Waals surface area contributed by atoms with Crippen LogP contribution in [0.15, 0.2) is 42.6 Å². The molecule has 2 aromatic carbocycles. The molecule has 1 aliphatic rings. The number of benzene rings is 2. The van der Waals surface area contributed by atoms with Crippen LogP contribution in [0.3, 0.4) is 0 Å². The molecule has 1 amide bonds. The number of methoxy groups -OCH3 is 1. The van der Waals surface area contributed by atoms with E-state index in [4.69, 9.17) is 25.7 Å². The van der Waals surface area contributed by atoms with E-state index in [0.717, 1.165) is 11.3 Å². The maximum atomic E-state index is 11.7. The molecule has 0 unspecified atom stereocenters. The fourth-order valence-electron chi connectivity index (χ4n) is 5.74. The summed E-state index contributed by atoms with van der Waals surface area (Å²) < 4.78 is 13.5. The number of amides is 1. The predicted molar refractivity (Wildman–Crippen MR) is 199 cm³/mol. The minimum atomic E-state index is -2.29. The van der Waals surface area contributed by atoms with Crippen molar-refractivity contribution in [3.8, 4) is 17.9 Å². The first-order valence-electron chi connectivity index (χ1n) is 16.6. The molecule has 0 saturated carbocycles. The van der Waals surface area contributed by atoms with E-state index >= 15 is 0 Å². The van der Waals surface area contributed by atoms with E-state index in [2.05, 4.69) is 66.7 Å². The fraction of sp³-hybridized carbons (Fsp3) is 0.429. The van der Waals surface area contributed by atoms with Crippen molar-refractivity contribution in [2.45, 2.75) is 70.9 Å². The molecule has 14 nitrogen and oxygen atoms in total. The van der Waals surface area contributed by atoms with E-state index in [-0.39, 0.29) is 16.7 Å². The van der Waals surface area contributed by atoms with Gasteiger partial charge in [0.2, 0.25) is 5.95 Å². The van der Waals surface area contributed by atoms with Gasteiger partial charge in [-0.1, -0.05) is 44.5 Å². The molecular weight excluding hydrogens is 688 g/mol. The molecule has 1 aliphatic heterocycles. The van der Waals surface area contributed by atoms with E-state index in [1.54, 1.807) is 19.2 Å². The molecule has 1 saturated heterocycles. The van der Waals surface area contributed by atoms with Gasteiger partial charge in [0.25, 0.3) is 0 Å². The SMILES string of the molecule is CCN(Cc1ccc(OC)cc1)c1nc(Nc2cc(C#N)cc(N3CC[C@@H](NC(=O)O)[C@H](O[Si](C)(C)C(C)(C)C)C3)c2Cl)nn2c(C#N)cnc12. The summed E-state index contributed by atoms with van der Waals surface area (Å²) in [5.41, 5.74) is 2.98. The van der Waals surface area contributed by atoms with Gasteiger partial charge in [-0.2, -0.15) is 20.0 Å². The summed E-state index contributed by atoms with van der Waals surface area (Å²) >= 11 is 7.11. The molecule has 3 N–H and O–H groups in total. The summed E-state index contributed by atoms with van der Waals surface area (Å²) in [7, 11) is -0.675. The quantitative estimate of drug-likeness (QED) is 0.142. The van der Waals surface area contributed by atoms with E-state index < -0.39 is 26.6 Å². The Morgan fingerprint density at radius 3 is 2.53 bits per heavy atom.